The van der Waals surface area contributed by atoms with Crippen molar-refractivity contribution in [1.82, 2.24) is 0 Å². The largest absolute Gasteiger partial charge is 0.489 e. The molecule has 5 aliphatic rings. The van der Waals surface area contributed by atoms with Crippen molar-refractivity contribution >= 4 is 5.69 Å². The van der Waals surface area contributed by atoms with Gasteiger partial charge in [0, 0.05) is 17.7 Å². The van der Waals surface area contributed by atoms with Gasteiger partial charge in [-0.1, -0.05) is 12.0 Å². The molecule has 3 aliphatic heterocycles. The van der Waals surface area contributed by atoms with Crippen molar-refractivity contribution in [1.29, 1.82) is 0 Å². The van der Waals surface area contributed by atoms with Gasteiger partial charge >= 0.3 is 0 Å². The van der Waals surface area contributed by atoms with Crippen LogP contribution >= 0.6 is 0 Å². The van der Waals surface area contributed by atoms with Gasteiger partial charge in [-0.15, -0.1) is 0 Å². The first-order valence-electron chi connectivity index (χ1n) is 10.8. The Bertz CT molecular complexity index is 976. The van der Waals surface area contributed by atoms with E-state index in [-0.39, 0.29) is 11.2 Å². The Kier molecular flexibility index (Phi) is 3.21. The molecule has 0 aromatic heterocycles. The predicted octanol–water partition coefficient (Wildman–Crippen LogP) is 4.04. The molecule has 4 heteroatoms. The molecule has 6 rings (SSSR count). The molecule has 27 heavy (non-hydrogen) atoms. The second kappa shape index (κ2) is 5.36. The van der Waals surface area contributed by atoms with Crippen LogP contribution in [0.1, 0.15) is 71.6 Å². The summed E-state index contributed by atoms with van der Waals surface area (Å²) < 4.78 is 6.07. The van der Waals surface area contributed by atoms with Crippen LogP contribution in [0, 0.1) is 5.92 Å². The topological polar surface area (TPSA) is 37.2 Å². The maximum atomic E-state index is 6.07. The zero-order chi connectivity index (χ0) is 18.2. The summed E-state index contributed by atoms with van der Waals surface area (Å²) in [6.45, 7) is 4.94. The number of allylic oxidation sites excluding steroid dienone is 2. The van der Waals surface area contributed by atoms with Crippen LogP contribution in [0.3, 0.4) is 0 Å². The Labute approximate surface area is 161 Å². The summed E-state index contributed by atoms with van der Waals surface area (Å²) in [7, 11) is 0. The minimum absolute atomic E-state index is 0.0315. The van der Waals surface area contributed by atoms with Gasteiger partial charge in [-0.2, -0.15) is 0 Å². The van der Waals surface area contributed by atoms with E-state index in [1.807, 2.05) is 0 Å². The van der Waals surface area contributed by atoms with Crippen LogP contribution in [0.2, 0.25) is 0 Å². The van der Waals surface area contributed by atoms with Gasteiger partial charge in [0.2, 0.25) is 0 Å². The standard InChI is InChI=1S/C23H29N3O/c1-22(2)14-27-21-13-17-20(12-18(21)24-22)26-19-9-4-3-7-15(19)11-16-8-5-6-10-23(16,26)25-17/h12-13,16H,3-11,14H2,1-2H3. The summed E-state index contributed by atoms with van der Waals surface area (Å²) in [6.07, 6.45) is 11.6. The summed E-state index contributed by atoms with van der Waals surface area (Å²) in [5.74, 6) is 1.58. The molecule has 0 saturated heterocycles. The molecule has 2 atom stereocenters. The van der Waals surface area contributed by atoms with Gasteiger partial charge in [-0.25, -0.2) is 0 Å². The number of ether oxygens (including phenoxy) is 1. The van der Waals surface area contributed by atoms with Gasteiger partial charge in [0.25, 0.3) is 0 Å². The van der Waals surface area contributed by atoms with Crippen molar-refractivity contribution in [2.24, 2.45) is 15.9 Å². The van der Waals surface area contributed by atoms with Gasteiger partial charge in [-0.3, -0.25) is 9.98 Å². The summed E-state index contributed by atoms with van der Waals surface area (Å²) >= 11 is 0. The fourth-order valence-corrected chi connectivity index (χ4v) is 6.13. The molecular weight excluding hydrogens is 334 g/mol. The quantitative estimate of drug-likeness (QED) is 0.698. The minimum atomic E-state index is -0.154. The monoisotopic (exact) mass is 363 g/mol. The van der Waals surface area contributed by atoms with E-state index < -0.39 is 0 Å². The van der Waals surface area contributed by atoms with Crippen molar-refractivity contribution in [2.45, 2.75) is 82.8 Å². The first-order chi connectivity index (χ1) is 13.1. The molecule has 0 amide bonds. The molecule has 4 nitrogen and oxygen atoms in total. The molecule has 1 saturated carbocycles. The summed E-state index contributed by atoms with van der Waals surface area (Å²) in [5.41, 5.74) is 4.42. The average Bonchev–Trinajstić information content (AvgIpc) is 2.97. The summed E-state index contributed by atoms with van der Waals surface area (Å²) in [5, 5.41) is 2.14. The fraction of sp³-hybridized carbons (Fsp3) is 0.652. The zero-order valence-corrected chi connectivity index (χ0v) is 16.6. The van der Waals surface area contributed by atoms with Gasteiger partial charge in [0.05, 0.1) is 16.6 Å². The van der Waals surface area contributed by atoms with Crippen molar-refractivity contribution in [3.8, 4) is 5.75 Å². The highest BCUT2D eigenvalue weighted by molar-refractivity contribution is 5.62. The lowest BCUT2D eigenvalue weighted by Gasteiger charge is -2.52. The summed E-state index contributed by atoms with van der Waals surface area (Å²) in [4.78, 5) is 13.1. The molecule has 1 aromatic carbocycles. The number of fused-ring (bicyclic) bond motifs is 4. The molecule has 2 unspecified atom stereocenters. The van der Waals surface area contributed by atoms with Gasteiger partial charge in [0.15, 0.2) is 0 Å². The molecule has 0 bridgehead atoms. The zero-order valence-electron chi connectivity index (χ0n) is 16.6. The first kappa shape index (κ1) is 16.1. The second-order valence-corrected chi connectivity index (χ2v) is 9.75. The molecule has 1 fully saturated rings. The highest BCUT2D eigenvalue weighted by Crippen LogP contribution is 2.54. The van der Waals surface area contributed by atoms with E-state index in [0.717, 1.165) is 16.5 Å². The van der Waals surface area contributed by atoms with Crippen molar-refractivity contribution in [3.05, 3.63) is 34.1 Å². The van der Waals surface area contributed by atoms with Crippen LogP contribution < -0.4 is 20.4 Å². The molecular formula is C23H29N3O. The van der Waals surface area contributed by atoms with Crippen molar-refractivity contribution < 1.29 is 4.74 Å². The predicted molar refractivity (Wildman–Crippen MR) is 106 cm³/mol. The van der Waals surface area contributed by atoms with E-state index in [1.165, 1.54) is 63.5 Å². The number of anilines is 1. The van der Waals surface area contributed by atoms with Crippen LogP contribution in [-0.2, 0) is 0 Å². The Morgan fingerprint density at radius 2 is 1.93 bits per heavy atom. The lowest BCUT2D eigenvalue weighted by atomic mass is 9.70. The van der Waals surface area contributed by atoms with Gasteiger partial charge in [-0.05, 0) is 71.3 Å². The molecule has 2 aliphatic carbocycles. The number of rotatable bonds is 0. The Balaban J connectivity index is 1.59. The van der Waals surface area contributed by atoms with Crippen molar-refractivity contribution in [3.63, 3.8) is 0 Å². The highest BCUT2D eigenvalue weighted by atomic mass is 16.5. The molecule has 0 N–H and O–H groups in total. The lowest BCUT2D eigenvalue weighted by molar-refractivity contribution is 0.176. The number of nitrogens with zero attached hydrogens (tertiary/aromatic N) is 3. The second-order valence-electron chi connectivity index (χ2n) is 9.75. The third kappa shape index (κ3) is 2.22. The van der Waals surface area contributed by atoms with Crippen LogP contribution in [-0.4, -0.2) is 17.8 Å². The smallest absolute Gasteiger partial charge is 0.146 e. The Morgan fingerprint density at radius 3 is 2.85 bits per heavy atom. The molecule has 3 heterocycles. The van der Waals surface area contributed by atoms with Crippen LogP contribution in [0.4, 0.5) is 5.69 Å². The average molecular weight is 364 g/mol. The normalized spacial score (nSPS) is 32.8. The van der Waals surface area contributed by atoms with E-state index in [4.69, 9.17) is 14.7 Å². The number of benzene rings is 1. The Morgan fingerprint density at radius 1 is 1.04 bits per heavy atom. The van der Waals surface area contributed by atoms with Crippen LogP contribution in [0.25, 0.3) is 0 Å². The maximum absolute atomic E-state index is 6.07. The van der Waals surface area contributed by atoms with Crippen LogP contribution in [0.15, 0.2) is 33.4 Å². The highest BCUT2D eigenvalue weighted by Gasteiger charge is 2.53. The fourth-order valence-electron chi connectivity index (χ4n) is 6.13. The maximum Gasteiger partial charge on any atom is 0.146 e. The SMILES string of the molecule is CC1(C)COc2cc3c(cc2=N1)N1C2=C(CCCC2)CC2CCCCC21N=3. The van der Waals surface area contributed by atoms with E-state index in [9.17, 15) is 0 Å². The number of hydrogen-bond donors (Lipinski definition) is 0. The molecule has 1 aromatic rings. The third-order valence-corrected chi connectivity index (χ3v) is 7.32. The van der Waals surface area contributed by atoms with E-state index in [1.54, 1.807) is 11.3 Å². The van der Waals surface area contributed by atoms with Crippen molar-refractivity contribution in [2.75, 3.05) is 11.5 Å². The van der Waals surface area contributed by atoms with E-state index in [0.29, 0.717) is 12.5 Å². The van der Waals surface area contributed by atoms with Crippen LogP contribution in [0.5, 0.6) is 5.75 Å². The molecule has 1 spiro atoms. The first-order valence-corrected chi connectivity index (χ1v) is 10.8. The van der Waals surface area contributed by atoms with E-state index in [2.05, 4.69) is 30.9 Å². The number of hydrogen-bond acceptors (Lipinski definition) is 4. The molecule has 0 radical (unpaired) electrons. The van der Waals surface area contributed by atoms with Gasteiger partial charge < -0.3 is 9.64 Å². The summed E-state index contributed by atoms with van der Waals surface area (Å²) in [6, 6.07) is 4.45. The third-order valence-electron chi connectivity index (χ3n) is 7.32. The van der Waals surface area contributed by atoms with E-state index >= 15 is 0 Å². The Hall–Kier alpha value is -1.84. The van der Waals surface area contributed by atoms with Gasteiger partial charge in [0.1, 0.15) is 23.4 Å². The molecule has 142 valence electrons. The lowest BCUT2D eigenvalue weighted by Crippen LogP contribution is -2.55. The minimum Gasteiger partial charge on any atom is -0.489 e.